The fourth-order valence-corrected chi connectivity index (χ4v) is 5.20. The van der Waals surface area contributed by atoms with Crippen molar-refractivity contribution in [2.75, 3.05) is 52.9 Å². The molecule has 2 amide bonds. The smallest absolute Gasteiger partial charge is 0.243 e. The van der Waals surface area contributed by atoms with E-state index in [-0.39, 0.29) is 23.3 Å². The molecular formula is C21H32N4O4S. The van der Waals surface area contributed by atoms with Gasteiger partial charge in [-0.3, -0.25) is 14.5 Å². The summed E-state index contributed by atoms with van der Waals surface area (Å²) in [6, 6.07) is 8.42. The summed E-state index contributed by atoms with van der Waals surface area (Å²) in [6.07, 6.45) is 3.31. The third-order valence-electron chi connectivity index (χ3n) is 6.02. The van der Waals surface area contributed by atoms with Crippen LogP contribution < -0.4 is 0 Å². The molecule has 1 unspecified atom stereocenters. The van der Waals surface area contributed by atoms with Crippen molar-refractivity contribution in [3.63, 3.8) is 0 Å². The van der Waals surface area contributed by atoms with Crippen LogP contribution in [-0.2, 0) is 19.6 Å². The number of sulfonamides is 1. The first-order valence-corrected chi connectivity index (χ1v) is 12.0. The number of carbonyl (C=O) groups is 2. The molecule has 0 radical (unpaired) electrons. The maximum Gasteiger partial charge on any atom is 0.243 e. The molecule has 0 N–H and O–H groups in total. The van der Waals surface area contributed by atoms with E-state index in [1.807, 2.05) is 4.90 Å². The summed E-state index contributed by atoms with van der Waals surface area (Å²) in [6.45, 7) is 5.37. The van der Waals surface area contributed by atoms with Gasteiger partial charge in [0.1, 0.15) is 0 Å². The molecule has 0 spiro atoms. The summed E-state index contributed by atoms with van der Waals surface area (Å²) in [7, 11) is -2.27. The summed E-state index contributed by atoms with van der Waals surface area (Å²) in [5, 5.41) is 0. The van der Waals surface area contributed by atoms with Crippen LogP contribution in [0.25, 0.3) is 0 Å². The second-order valence-electron chi connectivity index (χ2n) is 8.16. The Morgan fingerprint density at radius 2 is 1.67 bits per heavy atom. The minimum atomic E-state index is -3.69. The molecule has 2 fully saturated rings. The zero-order valence-electron chi connectivity index (χ0n) is 17.9. The van der Waals surface area contributed by atoms with E-state index >= 15 is 0 Å². The summed E-state index contributed by atoms with van der Waals surface area (Å²) in [4.78, 5) is 31.2. The molecule has 30 heavy (non-hydrogen) atoms. The van der Waals surface area contributed by atoms with Crippen LogP contribution in [0.4, 0.5) is 0 Å². The first-order chi connectivity index (χ1) is 14.3. The van der Waals surface area contributed by atoms with Gasteiger partial charge in [0.25, 0.3) is 0 Å². The molecule has 0 bridgehead atoms. The predicted molar refractivity (Wildman–Crippen MR) is 114 cm³/mol. The number of carbonyl (C=O) groups excluding carboxylic acids is 2. The number of hydrogen-bond donors (Lipinski definition) is 0. The van der Waals surface area contributed by atoms with Gasteiger partial charge >= 0.3 is 0 Å². The van der Waals surface area contributed by atoms with E-state index in [0.717, 1.165) is 23.7 Å². The van der Waals surface area contributed by atoms with Crippen LogP contribution >= 0.6 is 0 Å². The van der Waals surface area contributed by atoms with E-state index in [1.54, 1.807) is 23.1 Å². The topological polar surface area (TPSA) is 81.2 Å². The molecule has 9 heteroatoms. The Balaban J connectivity index is 1.47. The summed E-state index contributed by atoms with van der Waals surface area (Å²) < 4.78 is 26.3. The molecule has 1 aromatic carbocycles. The summed E-state index contributed by atoms with van der Waals surface area (Å²) >= 11 is 0. The summed E-state index contributed by atoms with van der Waals surface area (Å²) in [5.74, 6) is -0.0525. The van der Waals surface area contributed by atoms with Crippen molar-refractivity contribution < 1.29 is 18.0 Å². The fourth-order valence-electron chi connectivity index (χ4n) is 4.05. The SMILES string of the molecule is CC1CCCCN1C(=O)CN1CCN(C(=O)CN(C)S(=O)(=O)c2ccccc2)CC1. The van der Waals surface area contributed by atoms with Crippen LogP contribution in [0.5, 0.6) is 0 Å². The van der Waals surface area contributed by atoms with E-state index < -0.39 is 10.0 Å². The second kappa shape index (κ2) is 9.89. The lowest BCUT2D eigenvalue weighted by atomic mass is 10.0. The van der Waals surface area contributed by atoms with Crippen molar-refractivity contribution in [2.45, 2.75) is 37.1 Å². The molecule has 2 aliphatic rings. The van der Waals surface area contributed by atoms with Crippen molar-refractivity contribution >= 4 is 21.8 Å². The number of nitrogens with zero attached hydrogens (tertiary/aromatic N) is 4. The lowest BCUT2D eigenvalue weighted by molar-refractivity contribution is -0.137. The highest BCUT2D eigenvalue weighted by atomic mass is 32.2. The number of rotatable bonds is 6. The fraction of sp³-hybridized carbons (Fsp3) is 0.619. The first kappa shape index (κ1) is 22.7. The van der Waals surface area contributed by atoms with Crippen LogP contribution in [0.15, 0.2) is 35.2 Å². The van der Waals surface area contributed by atoms with Crippen molar-refractivity contribution in [1.82, 2.24) is 19.0 Å². The Morgan fingerprint density at radius 1 is 1.00 bits per heavy atom. The molecule has 0 saturated carbocycles. The zero-order chi connectivity index (χ0) is 21.7. The largest absolute Gasteiger partial charge is 0.339 e. The molecule has 0 aromatic heterocycles. The minimum absolute atomic E-state index is 0.163. The normalized spacial score (nSPS) is 21.1. The molecule has 1 aromatic rings. The van der Waals surface area contributed by atoms with Gasteiger partial charge in [0, 0.05) is 45.8 Å². The highest BCUT2D eigenvalue weighted by molar-refractivity contribution is 7.89. The van der Waals surface area contributed by atoms with Crippen molar-refractivity contribution in [2.24, 2.45) is 0 Å². The molecular weight excluding hydrogens is 404 g/mol. The van der Waals surface area contributed by atoms with Crippen molar-refractivity contribution in [3.8, 4) is 0 Å². The molecule has 2 saturated heterocycles. The van der Waals surface area contributed by atoms with Gasteiger partial charge in [0.15, 0.2) is 0 Å². The maximum absolute atomic E-state index is 12.6. The van der Waals surface area contributed by atoms with Gasteiger partial charge in [-0.2, -0.15) is 4.31 Å². The average Bonchev–Trinajstić information content (AvgIpc) is 2.75. The number of amides is 2. The van der Waals surface area contributed by atoms with Gasteiger partial charge in [0.05, 0.1) is 18.0 Å². The Hall–Kier alpha value is -1.97. The van der Waals surface area contributed by atoms with Crippen LogP contribution in [0.3, 0.4) is 0 Å². The minimum Gasteiger partial charge on any atom is -0.339 e. The third kappa shape index (κ3) is 5.39. The predicted octanol–water partition coefficient (Wildman–Crippen LogP) is 0.852. The number of benzene rings is 1. The number of likely N-dealkylation sites (N-methyl/N-ethyl adjacent to an activating group) is 1. The molecule has 2 heterocycles. The van der Waals surface area contributed by atoms with E-state index in [1.165, 1.54) is 25.6 Å². The van der Waals surface area contributed by atoms with E-state index in [0.29, 0.717) is 38.8 Å². The van der Waals surface area contributed by atoms with Gasteiger partial charge in [-0.05, 0) is 38.3 Å². The van der Waals surface area contributed by atoms with E-state index in [2.05, 4.69) is 11.8 Å². The Morgan fingerprint density at radius 3 is 2.30 bits per heavy atom. The number of hydrogen-bond acceptors (Lipinski definition) is 5. The van der Waals surface area contributed by atoms with E-state index in [9.17, 15) is 18.0 Å². The number of likely N-dealkylation sites (tertiary alicyclic amines) is 1. The lowest BCUT2D eigenvalue weighted by Crippen LogP contribution is -2.54. The van der Waals surface area contributed by atoms with Gasteiger partial charge in [0.2, 0.25) is 21.8 Å². The van der Waals surface area contributed by atoms with Gasteiger partial charge < -0.3 is 9.80 Å². The van der Waals surface area contributed by atoms with Crippen LogP contribution in [0, 0.1) is 0 Å². The molecule has 3 rings (SSSR count). The summed E-state index contributed by atoms with van der Waals surface area (Å²) in [5.41, 5.74) is 0. The van der Waals surface area contributed by atoms with Gasteiger partial charge in [-0.25, -0.2) is 8.42 Å². The Labute approximate surface area is 179 Å². The Kier molecular flexibility index (Phi) is 7.49. The highest BCUT2D eigenvalue weighted by Gasteiger charge is 2.29. The molecule has 2 aliphatic heterocycles. The molecule has 8 nitrogen and oxygen atoms in total. The standard InChI is InChI=1S/C21H32N4O4S/c1-18-8-6-7-11-25(18)21(27)17-23-12-14-24(15-13-23)20(26)16-22(2)30(28,29)19-9-4-3-5-10-19/h3-5,9-10,18H,6-8,11-17H2,1-2H3. The van der Waals surface area contributed by atoms with Gasteiger partial charge in [-0.15, -0.1) is 0 Å². The monoisotopic (exact) mass is 436 g/mol. The zero-order valence-corrected chi connectivity index (χ0v) is 18.7. The lowest BCUT2D eigenvalue weighted by Gasteiger charge is -2.38. The second-order valence-corrected chi connectivity index (χ2v) is 10.2. The van der Waals surface area contributed by atoms with Gasteiger partial charge in [-0.1, -0.05) is 18.2 Å². The molecule has 166 valence electrons. The van der Waals surface area contributed by atoms with E-state index in [4.69, 9.17) is 0 Å². The first-order valence-electron chi connectivity index (χ1n) is 10.6. The van der Waals surface area contributed by atoms with Crippen LogP contribution in [0.1, 0.15) is 26.2 Å². The van der Waals surface area contributed by atoms with Crippen LogP contribution in [0.2, 0.25) is 0 Å². The third-order valence-corrected chi connectivity index (χ3v) is 7.83. The number of piperazine rings is 1. The molecule has 0 aliphatic carbocycles. The quantitative estimate of drug-likeness (QED) is 0.661. The highest BCUT2D eigenvalue weighted by Crippen LogP contribution is 2.17. The van der Waals surface area contributed by atoms with Crippen molar-refractivity contribution in [1.29, 1.82) is 0 Å². The average molecular weight is 437 g/mol. The van der Waals surface area contributed by atoms with Crippen LogP contribution in [-0.4, -0.2) is 98.1 Å². The maximum atomic E-state index is 12.6. The Bertz CT molecular complexity index is 838. The number of piperidine rings is 1. The molecule has 1 atom stereocenters. The van der Waals surface area contributed by atoms with Crippen molar-refractivity contribution in [3.05, 3.63) is 30.3 Å².